The van der Waals surface area contributed by atoms with Crippen LogP contribution in [0, 0.1) is 0 Å². The summed E-state index contributed by atoms with van der Waals surface area (Å²) in [5, 5.41) is 3.11. The Bertz CT molecular complexity index is 773. The van der Waals surface area contributed by atoms with Gasteiger partial charge in [-0.1, -0.05) is 25.7 Å². The van der Waals surface area contributed by atoms with E-state index < -0.39 is 10.0 Å². The molecule has 1 aromatic rings. The van der Waals surface area contributed by atoms with Crippen molar-refractivity contribution in [1.82, 2.24) is 5.32 Å². The van der Waals surface area contributed by atoms with Crippen molar-refractivity contribution >= 4 is 21.6 Å². The highest BCUT2D eigenvalue weighted by Crippen LogP contribution is 2.34. The molecule has 0 unspecified atom stereocenters. The lowest BCUT2D eigenvalue weighted by atomic mass is 10.1. The lowest BCUT2D eigenvalue weighted by Crippen LogP contribution is -2.35. The Morgan fingerprint density at radius 2 is 1.79 bits per heavy atom. The monoisotopic (exact) mass is 410 g/mol. The van der Waals surface area contributed by atoms with Crippen LogP contribution in [-0.2, 0) is 14.8 Å². The van der Waals surface area contributed by atoms with Crippen molar-refractivity contribution in [2.45, 2.75) is 57.4 Å². The summed E-state index contributed by atoms with van der Waals surface area (Å²) in [6, 6.07) is 5.38. The van der Waals surface area contributed by atoms with Gasteiger partial charge in [0.1, 0.15) is 13.2 Å². The molecule has 1 N–H and O–H groups in total. The molecule has 0 bridgehead atoms. The SMILES string of the molecule is CS(=O)(=O)N(CCCC(=O)NC1CCCCCC1)c1ccc2c(c1)OCCO2. The van der Waals surface area contributed by atoms with E-state index >= 15 is 0 Å². The van der Waals surface area contributed by atoms with Crippen molar-refractivity contribution in [3.63, 3.8) is 0 Å². The molecule has 1 aromatic carbocycles. The maximum atomic E-state index is 12.3. The molecule has 1 heterocycles. The zero-order chi connectivity index (χ0) is 20.0. The molecule has 2 aliphatic rings. The minimum Gasteiger partial charge on any atom is -0.486 e. The van der Waals surface area contributed by atoms with Crippen LogP contribution in [0.4, 0.5) is 5.69 Å². The molecular weight excluding hydrogens is 380 g/mol. The molecule has 3 rings (SSSR count). The Labute approximate surface area is 167 Å². The van der Waals surface area contributed by atoms with Crippen LogP contribution in [0.1, 0.15) is 51.4 Å². The number of fused-ring (bicyclic) bond motifs is 1. The number of benzene rings is 1. The normalized spacial score (nSPS) is 17.6. The molecular formula is C20H30N2O5S. The first-order valence-electron chi connectivity index (χ1n) is 10.1. The summed E-state index contributed by atoms with van der Waals surface area (Å²) in [6.45, 7) is 1.17. The van der Waals surface area contributed by atoms with Gasteiger partial charge in [-0.2, -0.15) is 0 Å². The van der Waals surface area contributed by atoms with Crippen LogP contribution >= 0.6 is 0 Å². The summed E-state index contributed by atoms with van der Waals surface area (Å²) >= 11 is 0. The largest absolute Gasteiger partial charge is 0.486 e. The van der Waals surface area contributed by atoms with Crippen molar-refractivity contribution in [3.05, 3.63) is 18.2 Å². The molecule has 1 saturated carbocycles. The van der Waals surface area contributed by atoms with E-state index in [-0.39, 0.29) is 18.5 Å². The van der Waals surface area contributed by atoms with Crippen LogP contribution in [0.2, 0.25) is 0 Å². The predicted octanol–water partition coefficient (Wildman–Crippen LogP) is 2.84. The molecule has 0 radical (unpaired) electrons. The van der Waals surface area contributed by atoms with Gasteiger partial charge < -0.3 is 14.8 Å². The van der Waals surface area contributed by atoms with Gasteiger partial charge in [-0.25, -0.2) is 8.42 Å². The fourth-order valence-corrected chi connectivity index (χ4v) is 4.74. The van der Waals surface area contributed by atoms with Gasteiger partial charge in [-0.15, -0.1) is 0 Å². The summed E-state index contributed by atoms with van der Waals surface area (Å²) in [7, 11) is -3.47. The minimum atomic E-state index is -3.47. The molecule has 0 atom stereocenters. The van der Waals surface area contributed by atoms with E-state index in [2.05, 4.69) is 5.32 Å². The molecule has 1 aliphatic carbocycles. The Kier molecular flexibility index (Phi) is 7.04. The number of amides is 1. The molecule has 0 aromatic heterocycles. The van der Waals surface area contributed by atoms with E-state index in [1.54, 1.807) is 18.2 Å². The van der Waals surface area contributed by atoms with Gasteiger partial charge in [0, 0.05) is 25.1 Å². The zero-order valence-electron chi connectivity index (χ0n) is 16.5. The van der Waals surface area contributed by atoms with E-state index in [1.807, 2.05) is 0 Å². The number of carbonyl (C=O) groups excluding carboxylic acids is 1. The highest BCUT2D eigenvalue weighted by molar-refractivity contribution is 7.92. The summed E-state index contributed by atoms with van der Waals surface area (Å²) in [5.74, 6) is 1.16. The molecule has 8 heteroatoms. The van der Waals surface area contributed by atoms with Crippen molar-refractivity contribution in [1.29, 1.82) is 0 Å². The lowest BCUT2D eigenvalue weighted by Gasteiger charge is -2.25. The molecule has 7 nitrogen and oxygen atoms in total. The van der Waals surface area contributed by atoms with Crippen molar-refractivity contribution < 1.29 is 22.7 Å². The highest BCUT2D eigenvalue weighted by Gasteiger charge is 2.21. The van der Waals surface area contributed by atoms with Crippen LogP contribution < -0.4 is 19.1 Å². The smallest absolute Gasteiger partial charge is 0.232 e. The summed E-state index contributed by atoms with van der Waals surface area (Å²) in [6.07, 6.45) is 8.84. The second-order valence-electron chi connectivity index (χ2n) is 7.52. The number of sulfonamides is 1. The number of anilines is 1. The van der Waals surface area contributed by atoms with E-state index in [1.165, 1.54) is 23.4 Å². The van der Waals surface area contributed by atoms with Gasteiger partial charge in [0.05, 0.1) is 11.9 Å². The van der Waals surface area contributed by atoms with Gasteiger partial charge in [-0.05, 0) is 31.4 Å². The predicted molar refractivity (Wildman–Crippen MR) is 108 cm³/mol. The standard InChI is InChI=1S/C20H30N2O5S/c1-28(24,25)22(17-10-11-18-19(15-17)27-14-13-26-18)12-6-9-20(23)21-16-7-4-2-3-5-8-16/h10-11,15-16H,2-9,12-14H2,1H3,(H,21,23). The number of hydrogen-bond acceptors (Lipinski definition) is 5. The average Bonchev–Trinajstić information content (AvgIpc) is 2.92. The van der Waals surface area contributed by atoms with E-state index in [4.69, 9.17) is 9.47 Å². The number of carbonyl (C=O) groups is 1. The highest BCUT2D eigenvalue weighted by atomic mass is 32.2. The number of nitrogens with one attached hydrogen (secondary N) is 1. The van der Waals surface area contributed by atoms with E-state index in [0.717, 1.165) is 25.7 Å². The van der Waals surface area contributed by atoms with E-state index in [0.29, 0.717) is 43.2 Å². The first kappa shape index (κ1) is 20.8. The lowest BCUT2D eigenvalue weighted by molar-refractivity contribution is -0.121. The molecule has 1 aliphatic heterocycles. The van der Waals surface area contributed by atoms with Gasteiger partial charge >= 0.3 is 0 Å². The van der Waals surface area contributed by atoms with Crippen LogP contribution in [0.5, 0.6) is 11.5 Å². The van der Waals surface area contributed by atoms with Crippen LogP contribution in [0.25, 0.3) is 0 Å². The topological polar surface area (TPSA) is 84.9 Å². The minimum absolute atomic E-state index is 0.00234. The number of nitrogens with zero attached hydrogens (tertiary/aromatic N) is 1. The second-order valence-corrected chi connectivity index (χ2v) is 9.43. The fourth-order valence-electron chi connectivity index (χ4n) is 3.78. The van der Waals surface area contributed by atoms with E-state index in [9.17, 15) is 13.2 Å². The quantitative estimate of drug-likeness (QED) is 0.699. The van der Waals surface area contributed by atoms with Gasteiger partial charge in [-0.3, -0.25) is 9.10 Å². The molecule has 28 heavy (non-hydrogen) atoms. The number of ether oxygens (including phenoxy) is 2. The van der Waals surface area contributed by atoms with Crippen molar-refractivity contribution in [3.8, 4) is 11.5 Å². The Balaban J connectivity index is 1.57. The molecule has 156 valence electrons. The van der Waals surface area contributed by atoms with Gasteiger partial charge in [0.15, 0.2) is 11.5 Å². The fraction of sp³-hybridized carbons (Fsp3) is 0.650. The maximum absolute atomic E-state index is 12.3. The summed E-state index contributed by atoms with van der Waals surface area (Å²) in [4.78, 5) is 12.3. The maximum Gasteiger partial charge on any atom is 0.232 e. The summed E-state index contributed by atoms with van der Waals surface area (Å²) in [5.41, 5.74) is 0.524. The third kappa shape index (κ3) is 5.77. The number of rotatable bonds is 7. The zero-order valence-corrected chi connectivity index (χ0v) is 17.3. The third-order valence-corrected chi connectivity index (χ3v) is 6.39. The Morgan fingerprint density at radius 1 is 1.11 bits per heavy atom. The Hall–Kier alpha value is -1.96. The third-order valence-electron chi connectivity index (χ3n) is 5.20. The van der Waals surface area contributed by atoms with Crippen molar-refractivity contribution in [2.75, 3.05) is 30.3 Å². The molecule has 0 spiro atoms. The van der Waals surface area contributed by atoms with Crippen LogP contribution in [0.3, 0.4) is 0 Å². The van der Waals surface area contributed by atoms with Crippen LogP contribution in [0.15, 0.2) is 18.2 Å². The van der Waals surface area contributed by atoms with Gasteiger partial charge in [0.25, 0.3) is 0 Å². The molecule has 1 fully saturated rings. The average molecular weight is 411 g/mol. The number of hydrogen-bond donors (Lipinski definition) is 1. The van der Waals surface area contributed by atoms with Gasteiger partial charge in [0.2, 0.25) is 15.9 Å². The summed E-state index contributed by atoms with van der Waals surface area (Å²) < 4.78 is 36.9. The first-order chi connectivity index (χ1) is 13.4. The molecule has 0 saturated heterocycles. The molecule has 1 amide bonds. The first-order valence-corrected chi connectivity index (χ1v) is 11.9. The van der Waals surface area contributed by atoms with Crippen LogP contribution in [-0.4, -0.2) is 46.4 Å². The Morgan fingerprint density at radius 3 is 2.46 bits per heavy atom. The second kappa shape index (κ2) is 9.49. The van der Waals surface area contributed by atoms with Crippen molar-refractivity contribution in [2.24, 2.45) is 0 Å².